The maximum absolute atomic E-state index is 11.9. The lowest BCUT2D eigenvalue weighted by Crippen LogP contribution is -2.41. The lowest BCUT2D eigenvalue weighted by molar-refractivity contribution is -0.384. The first-order chi connectivity index (χ1) is 10.0. The number of nitro groups is 1. The number of carbonyl (C=O) groups excluding carboxylic acids is 2. The van der Waals surface area contributed by atoms with Gasteiger partial charge in [0.25, 0.3) is 5.69 Å². The van der Waals surface area contributed by atoms with Gasteiger partial charge < -0.3 is 10.1 Å². The Kier molecular flexibility index (Phi) is 4.27. The Balaban J connectivity index is 2.36. The van der Waals surface area contributed by atoms with Crippen molar-refractivity contribution < 1.29 is 19.2 Å². The summed E-state index contributed by atoms with van der Waals surface area (Å²) in [6.07, 6.45) is 1.21. The topological polar surface area (TPSA) is 111 Å². The van der Waals surface area contributed by atoms with Crippen molar-refractivity contribution in [3.8, 4) is 0 Å². The Hall–Kier alpha value is -2.77. The molecule has 0 saturated carbocycles. The number of esters is 1. The third kappa shape index (κ3) is 3.22. The highest BCUT2D eigenvalue weighted by Crippen LogP contribution is 2.27. The molecular weight excluding hydrogens is 278 g/mol. The van der Waals surface area contributed by atoms with Gasteiger partial charge in [-0.15, -0.1) is 0 Å². The number of nitro benzene ring substituents is 1. The SMILES string of the molecule is CCOC(=O)C1C=NC(=O)NC1c1cccc([N+](=O)[O-])c1. The molecular formula is C13H13N3O5. The molecule has 1 aliphatic heterocycles. The molecule has 0 aliphatic carbocycles. The van der Waals surface area contributed by atoms with E-state index in [1.54, 1.807) is 13.0 Å². The van der Waals surface area contributed by atoms with Crippen LogP contribution in [0.2, 0.25) is 0 Å². The fourth-order valence-corrected chi connectivity index (χ4v) is 2.05. The van der Waals surface area contributed by atoms with E-state index in [1.165, 1.54) is 24.4 Å². The molecule has 0 aromatic heterocycles. The maximum Gasteiger partial charge on any atom is 0.341 e. The van der Waals surface area contributed by atoms with E-state index >= 15 is 0 Å². The summed E-state index contributed by atoms with van der Waals surface area (Å²) in [4.78, 5) is 37.1. The average molecular weight is 291 g/mol. The number of benzene rings is 1. The summed E-state index contributed by atoms with van der Waals surface area (Å²) in [6.45, 7) is 1.86. The molecule has 8 nitrogen and oxygen atoms in total. The van der Waals surface area contributed by atoms with Gasteiger partial charge in [0.2, 0.25) is 0 Å². The average Bonchev–Trinajstić information content (AvgIpc) is 2.47. The zero-order valence-electron chi connectivity index (χ0n) is 11.2. The summed E-state index contributed by atoms with van der Waals surface area (Å²) >= 11 is 0. The minimum Gasteiger partial charge on any atom is -0.465 e. The molecule has 0 saturated heterocycles. The monoisotopic (exact) mass is 291 g/mol. The summed E-state index contributed by atoms with van der Waals surface area (Å²) in [5, 5.41) is 13.3. The van der Waals surface area contributed by atoms with Crippen molar-refractivity contribution >= 4 is 23.9 Å². The van der Waals surface area contributed by atoms with Crippen molar-refractivity contribution in [2.45, 2.75) is 13.0 Å². The fraction of sp³-hybridized carbons (Fsp3) is 0.308. The van der Waals surface area contributed by atoms with Gasteiger partial charge in [-0.1, -0.05) is 12.1 Å². The highest BCUT2D eigenvalue weighted by atomic mass is 16.6. The molecule has 21 heavy (non-hydrogen) atoms. The molecule has 0 fully saturated rings. The summed E-state index contributed by atoms with van der Waals surface area (Å²) in [6, 6.07) is 4.40. The maximum atomic E-state index is 11.9. The van der Waals surface area contributed by atoms with Crippen LogP contribution in [0.4, 0.5) is 10.5 Å². The molecule has 110 valence electrons. The second-order valence-electron chi connectivity index (χ2n) is 4.34. The van der Waals surface area contributed by atoms with Crippen molar-refractivity contribution in [1.82, 2.24) is 5.32 Å². The Morgan fingerprint density at radius 1 is 1.52 bits per heavy atom. The van der Waals surface area contributed by atoms with Crippen LogP contribution in [0.3, 0.4) is 0 Å². The van der Waals surface area contributed by atoms with Gasteiger partial charge in [0.1, 0.15) is 5.92 Å². The highest BCUT2D eigenvalue weighted by Gasteiger charge is 2.34. The number of hydrogen-bond acceptors (Lipinski definition) is 5. The molecule has 2 atom stereocenters. The molecule has 0 spiro atoms. The minimum atomic E-state index is -0.815. The zero-order chi connectivity index (χ0) is 15.4. The molecule has 0 radical (unpaired) electrons. The molecule has 1 heterocycles. The van der Waals surface area contributed by atoms with E-state index in [0.29, 0.717) is 5.56 Å². The van der Waals surface area contributed by atoms with Gasteiger partial charge in [-0.05, 0) is 12.5 Å². The minimum absolute atomic E-state index is 0.119. The Labute approximate surface area is 120 Å². The number of ether oxygens (including phenoxy) is 1. The predicted octanol–water partition coefficient (Wildman–Crippen LogP) is 1.61. The van der Waals surface area contributed by atoms with E-state index in [9.17, 15) is 19.7 Å². The smallest absolute Gasteiger partial charge is 0.341 e. The second kappa shape index (κ2) is 6.12. The van der Waals surface area contributed by atoms with Crippen LogP contribution in [-0.4, -0.2) is 29.7 Å². The van der Waals surface area contributed by atoms with Crippen LogP contribution in [0.1, 0.15) is 18.5 Å². The Morgan fingerprint density at radius 3 is 2.95 bits per heavy atom. The zero-order valence-corrected chi connectivity index (χ0v) is 11.2. The van der Waals surface area contributed by atoms with E-state index in [0.717, 1.165) is 0 Å². The summed E-state index contributed by atoms with van der Waals surface area (Å²) in [7, 11) is 0. The first-order valence-corrected chi connectivity index (χ1v) is 6.28. The van der Waals surface area contributed by atoms with Crippen LogP contribution in [0.25, 0.3) is 0 Å². The van der Waals surface area contributed by atoms with Crippen LogP contribution in [0.5, 0.6) is 0 Å². The molecule has 8 heteroatoms. The fourth-order valence-electron chi connectivity index (χ4n) is 2.05. The molecule has 0 bridgehead atoms. The number of hydrogen-bond donors (Lipinski definition) is 1. The summed E-state index contributed by atoms with van der Waals surface area (Å²) in [5.41, 5.74) is 0.327. The van der Waals surface area contributed by atoms with Crippen molar-refractivity contribution in [2.24, 2.45) is 10.9 Å². The van der Waals surface area contributed by atoms with Gasteiger partial charge in [-0.25, -0.2) is 9.79 Å². The second-order valence-corrected chi connectivity index (χ2v) is 4.34. The number of urea groups is 1. The number of aliphatic imine (C=N–C) groups is 1. The van der Waals surface area contributed by atoms with Crippen molar-refractivity contribution in [3.63, 3.8) is 0 Å². The van der Waals surface area contributed by atoms with Gasteiger partial charge in [0.15, 0.2) is 0 Å². The molecule has 2 unspecified atom stereocenters. The third-order valence-electron chi connectivity index (χ3n) is 2.99. The number of non-ortho nitro benzene ring substituents is 1. The number of nitrogens with zero attached hydrogens (tertiary/aromatic N) is 2. The molecule has 2 rings (SSSR count). The molecule has 1 aromatic rings. The van der Waals surface area contributed by atoms with Crippen LogP contribution in [-0.2, 0) is 9.53 Å². The number of rotatable bonds is 4. The quantitative estimate of drug-likeness (QED) is 0.514. The van der Waals surface area contributed by atoms with Crippen LogP contribution < -0.4 is 5.32 Å². The van der Waals surface area contributed by atoms with Crippen molar-refractivity contribution in [3.05, 3.63) is 39.9 Å². The number of nitrogens with one attached hydrogen (secondary N) is 1. The Bertz CT molecular complexity index is 614. The standard InChI is InChI=1S/C13H13N3O5/c1-2-21-12(17)10-7-14-13(18)15-11(10)8-4-3-5-9(6-8)16(19)20/h3-7,10-11H,2H2,1H3,(H,15,18). The molecule has 1 N–H and O–H groups in total. The highest BCUT2D eigenvalue weighted by molar-refractivity contribution is 5.98. The summed E-state index contributed by atoms with van der Waals surface area (Å²) in [5.74, 6) is -1.36. The predicted molar refractivity (Wildman–Crippen MR) is 73.0 cm³/mol. The lowest BCUT2D eigenvalue weighted by Gasteiger charge is -2.26. The largest absolute Gasteiger partial charge is 0.465 e. The lowest BCUT2D eigenvalue weighted by atomic mass is 9.92. The molecule has 1 aromatic carbocycles. The normalized spacial score (nSPS) is 20.7. The third-order valence-corrected chi connectivity index (χ3v) is 2.99. The van der Waals surface area contributed by atoms with Gasteiger partial charge in [0, 0.05) is 18.3 Å². The molecule has 1 aliphatic rings. The van der Waals surface area contributed by atoms with E-state index in [1.807, 2.05) is 0 Å². The Morgan fingerprint density at radius 2 is 2.29 bits per heavy atom. The van der Waals surface area contributed by atoms with Crippen LogP contribution >= 0.6 is 0 Å². The van der Waals surface area contributed by atoms with Gasteiger partial charge in [-0.2, -0.15) is 0 Å². The van der Waals surface area contributed by atoms with E-state index in [4.69, 9.17) is 4.74 Å². The number of carbonyl (C=O) groups is 2. The van der Waals surface area contributed by atoms with E-state index in [2.05, 4.69) is 10.3 Å². The van der Waals surface area contributed by atoms with E-state index < -0.39 is 28.9 Å². The van der Waals surface area contributed by atoms with Gasteiger partial charge in [0.05, 0.1) is 17.6 Å². The van der Waals surface area contributed by atoms with Gasteiger partial charge >= 0.3 is 12.0 Å². The van der Waals surface area contributed by atoms with Crippen molar-refractivity contribution in [1.29, 1.82) is 0 Å². The van der Waals surface area contributed by atoms with Gasteiger partial charge in [-0.3, -0.25) is 14.9 Å². The van der Waals surface area contributed by atoms with E-state index in [-0.39, 0.29) is 12.3 Å². The van der Waals surface area contributed by atoms with Crippen molar-refractivity contribution in [2.75, 3.05) is 6.61 Å². The number of amides is 2. The summed E-state index contributed by atoms with van der Waals surface area (Å²) < 4.78 is 4.93. The molecule has 2 amide bonds. The first kappa shape index (κ1) is 14.6. The first-order valence-electron chi connectivity index (χ1n) is 6.28. The van der Waals surface area contributed by atoms with Crippen LogP contribution in [0, 0.1) is 16.0 Å². The van der Waals surface area contributed by atoms with Crippen LogP contribution in [0.15, 0.2) is 29.3 Å².